The smallest absolute Gasteiger partial charge is 0.270 e. The summed E-state index contributed by atoms with van der Waals surface area (Å²) in [6.45, 7) is 2.42. The molecule has 0 amide bonds. The van der Waals surface area contributed by atoms with Crippen molar-refractivity contribution >= 4 is 27.3 Å². The van der Waals surface area contributed by atoms with Crippen molar-refractivity contribution in [3.05, 3.63) is 50.6 Å². The lowest BCUT2D eigenvalue weighted by Crippen LogP contribution is -2.00. The molecule has 1 aromatic heterocycles. The predicted octanol–water partition coefficient (Wildman–Crippen LogP) is 3.52. The number of aryl methyl sites for hydroxylation is 1. The van der Waals surface area contributed by atoms with Gasteiger partial charge in [-0.25, -0.2) is 4.98 Å². The van der Waals surface area contributed by atoms with Crippen LogP contribution in [0.4, 0.5) is 11.4 Å². The summed E-state index contributed by atoms with van der Waals surface area (Å²) >= 11 is 3.29. The summed E-state index contributed by atoms with van der Waals surface area (Å²) in [7, 11) is 0. The third-order valence-electron chi connectivity index (χ3n) is 2.54. The number of nitro benzene ring substituents is 1. The van der Waals surface area contributed by atoms with E-state index in [0.717, 1.165) is 17.9 Å². The minimum absolute atomic E-state index is 0.0433. The van der Waals surface area contributed by atoms with Gasteiger partial charge in [-0.2, -0.15) is 0 Å². The summed E-state index contributed by atoms with van der Waals surface area (Å²) in [5, 5.41) is 13.7. The molecule has 0 bridgehead atoms. The number of nitrogens with one attached hydrogen (secondary N) is 1. The number of halogens is 1. The normalized spacial score (nSPS) is 10.4. The first kappa shape index (κ1) is 13.5. The third kappa shape index (κ3) is 3.31. The Morgan fingerprint density at radius 1 is 1.53 bits per heavy atom. The van der Waals surface area contributed by atoms with Crippen molar-refractivity contribution in [1.29, 1.82) is 0 Å². The fourth-order valence-electron chi connectivity index (χ4n) is 1.52. The summed E-state index contributed by atoms with van der Waals surface area (Å²) in [5.74, 6) is 1.42. The topological polar surface area (TPSA) is 81.2 Å². The standard InChI is InChI=1S/C12H12BrN3O3/c1-2-9-6-15-12(19-9)7-14-11-4-3-8(16(17)18)5-10(11)13/h3-6,14H,2,7H2,1H3. The minimum atomic E-state index is -0.434. The Kier molecular flexibility index (Phi) is 4.16. The van der Waals surface area contributed by atoms with Gasteiger partial charge in [0.1, 0.15) is 5.76 Å². The molecule has 19 heavy (non-hydrogen) atoms. The molecule has 7 heteroatoms. The number of rotatable bonds is 5. The zero-order valence-corrected chi connectivity index (χ0v) is 11.8. The van der Waals surface area contributed by atoms with Crippen molar-refractivity contribution in [3.8, 4) is 0 Å². The van der Waals surface area contributed by atoms with E-state index in [-0.39, 0.29) is 5.69 Å². The zero-order valence-electron chi connectivity index (χ0n) is 10.2. The molecule has 0 saturated heterocycles. The molecule has 1 aromatic carbocycles. The highest BCUT2D eigenvalue weighted by Crippen LogP contribution is 2.27. The maximum absolute atomic E-state index is 10.6. The molecular formula is C12H12BrN3O3. The molecule has 6 nitrogen and oxygen atoms in total. The van der Waals surface area contributed by atoms with Crippen LogP contribution in [-0.2, 0) is 13.0 Å². The quantitative estimate of drug-likeness (QED) is 0.671. The Balaban J connectivity index is 2.05. The maximum atomic E-state index is 10.6. The first-order chi connectivity index (χ1) is 9.10. The highest BCUT2D eigenvalue weighted by Gasteiger charge is 2.09. The van der Waals surface area contributed by atoms with Crippen molar-refractivity contribution in [2.45, 2.75) is 19.9 Å². The molecule has 100 valence electrons. The third-order valence-corrected chi connectivity index (χ3v) is 3.20. The van der Waals surface area contributed by atoms with Crippen LogP contribution in [0.2, 0.25) is 0 Å². The Bertz CT molecular complexity index is 598. The molecule has 1 heterocycles. The monoisotopic (exact) mass is 325 g/mol. The average molecular weight is 326 g/mol. The summed E-state index contributed by atoms with van der Waals surface area (Å²) < 4.78 is 6.09. The molecule has 0 aliphatic rings. The lowest BCUT2D eigenvalue weighted by atomic mass is 10.3. The van der Waals surface area contributed by atoms with Gasteiger partial charge in [-0.05, 0) is 22.0 Å². The van der Waals surface area contributed by atoms with E-state index >= 15 is 0 Å². The Morgan fingerprint density at radius 3 is 2.89 bits per heavy atom. The van der Waals surface area contributed by atoms with Gasteiger partial charge in [0.2, 0.25) is 5.89 Å². The van der Waals surface area contributed by atoms with E-state index < -0.39 is 4.92 Å². The molecule has 2 aromatic rings. The SMILES string of the molecule is CCc1cnc(CNc2ccc([N+](=O)[O-])cc2Br)o1. The van der Waals surface area contributed by atoms with E-state index in [0.29, 0.717) is 16.9 Å². The molecule has 1 N–H and O–H groups in total. The lowest BCUT2D eigenvalue weighted by Gasteiger charge is -2.06. The highest BCUT2D eigenvalue weighted by atomic mass is 79.9. The van der Waals surface area contributed by atoms with Crippen LogP contribution in [-0.4, -0.2) is 9.91 Å². The van der Waals surface area contributed by atoms with E-state index in [1.54, 1.807) is 12.3 Å². The van der Waals surface area contributed by atoms with E-state index in [9.17, 15) is 10.1 Å². The number of oxazole rings is 1. The van der Waals surface area contributed by atoms with Crippen LogP contribution in [0.5, 0.6) is 0 Å². The lowest BCUT2D eigenvalue weighted by molar-refractivity contribution is -0.384. The molecule has 0 radical (unpaired) electrons. The molecule has 0 saturated carbocycles. The van der Waals surface area contributed by atoms with Gasteiger partial charge in [-0.1, -0.05) is 6.92 Å². The maximum Gasteiger partial charge on any atom is 0.270 e. The molecule has 0 spiro atoms. The van der Waals surface area contributed by atoms with Gasteiger partial charge in [0, 0.05) is 28.7 Å². The van der Waals surface area contributed by atoms with Gasteiger partial charge in [0.05, 0.1) is 17.7 Å². The fraction of sp³-hybridized carbons (Fsp3) is 0.250. The van der Waals surface area contributed by atoms with Crippen molar-refractivity contribution in [2.24, 2.45) is 0 Å². The van der Waals surface area contributed by atoms with E-state index in [4.69, 9.17) is 4.42 Å². The van der Waals surface area contributed by atoms with Crippen molar-refractivity contribution in [2.75, 3.05) is 5.32 Å². The second kappa shape index (κ2) is 5.83. The second-order valence-electron chi connectivity index (χ2n) is 3.85. The van der Waals surface area contributed by atoms with E-state index in [1.165, 1.54) is 12.1 Å². The average Bonchev–Trinajstić information content (AvgIpc) is 2.85. The first-order valence-electron chi connectivity index (χ1n) is 5.71. The largest absolute Gasteiger partial charge is 0.444 e. The van der Waals surface area contributed by atoms with Gasteiger partial charge in [-0.15, -0.1) is 0 Å². The van der Waals surface area contributed by atoms with Crippen LogP contribution in [0.15, 0.2) is 33.3 Å². The molecule has 0 aliphatic heterocycles. The van der Waals surface area contributed by atoms with Crippen molar-refractivity contribution < 1.29 is 9.34 Å². The van der Waals surface area contributed by atoms with Crippen molar-refractivity contribution in [1.82, 2.24) is 4.98 Å². The predicted molar refractivity (Wildman–Crippen MR) is 74.0 cm³/mol. The number of aromatic nitrogens is 1. The van der Waals surface area contributed by atoms with Crippen LogP contribution in [0, 0.1) is 10.1 Å². The van der Waals surface area contributed by atoms with Crippen LogP contribution < -0.4 is 5.32 Å². The summed E-state index contributed by atoms with van der Waals surface area (Å²) in [4.78, 5) is 14.3. The number of non-ortho nitro benzene ring substituents is 1. The Labute approximate surface area is 118 Å². The van der Waals surface area contributed by atoms with Crippen LogP contribution in [0.1, 0.15) is 18.6 Å². The molecule has 0 unspecified atom stereocenters. The number of anilines is 1. The highest BCUT2D eigenvalue weighted by molar-refractivity contribution is 9.10. The molecular weight excluding hydrogens is 314 g/mol. The summed E-state index contributed by atoms with van der Waals surface area (Å²) in [6, 6.07) is 4.54. The Morgan fingerprint density at radius 2 is 2.32 bits per heavy atom. The molecule has 0 fully saturated rings. The van der Waals surface area contributed by atoms with E-state index in [2.05, 4.69) is 26.2 Å². The number of hydrogen-bond donors (Lipinski definition) is 1. The number of nitrogens with zero attached hydrogens (tertiary/aromatic N) is 2. The zero-order chi connectivity index (χ0) is 13.8. The Hall–Kier alpha value is -1.89. The van der Waals surface area contributed by atoms with Gasteiger partial charge in [0.15, 0.2) is 0 Å². The number of hydrogen-bond acceptors (Lipinski definition) is 5. The minimum Gasteiger partial charge on any atom is -0.444 e. The van der Waals surface area contributed by atoms with Gasteiger partial charge >= 0.3 is 0 Å². The molecule has 2 rings (SSSR count). The van der Waals surface area contributed by atoms with Gasteiger partial charge < -0.3 is 9.73 Å². The number of benzene rings is 1. The van der Waals surface area contributed by atoms with Crippen LogP contribution in [0.25, 0.3) is 0 Å². The van der Waals surface area contributed by atoms with Gasteiger partial charge in [0.25, 0.3) is 5.69 Å². The van der Waals surface area contributed by atoms with Crippen LogP contribution >= 0.6 is 15.9 Å². The first-order valence-corrected chi connectivity index (χ1v) is 6.51. The van der Waals surface area contributed by atoms with Crippen molar-refractivity contribution in [3.63, 3.8) is 0 Å². The van der Waals surface area contributed by atoms with Crippen LogP contribution in [0.3, 0.4) is 0 Å². The number of nitro groups is 1. The summed E-state index contributed by atoms with van der Waals surface area (Å²) in [6.07, 6.45) is 2.50. The second-order valence-corrected chi connectivity index (χ2v) is 4.70. The van der Waals surface area contributed by atoms with Gasteiger partial charge in [-0.3, -0.25) is 10.1 Å². The molecule has 0 aliphatic carbocycles. The molecule has 0 atom stereocenters. The fourth-order valence-corrected chi connectivity index (χ4v) is 2.03. The van der Waals surface area contributed by atoms with E-state index in [1.807, 2.05) is 6.92 Å². The summed E-state index contributed by atoms with van der Waals surface area (Å²) in [5.41, 5.74) is 0.795.